The van der Waals surface area contributed by atoms with Crippen molar-refractivity contribution in [3.05, 3.63) is 107 Å². The van der Waals surface area contributed by atoms with Crippen LogP contribution in [0.15, 0.2) is 101 Å². The van der Waals surface area contributed by atoms with Crippen LogP contribution < -0.4 is 14.9 Å². The molecule has 0 fully saturated rings. The molecule has 0 bridgehead atoms. The maximum absolute atomic E-state index is 12.1. The van der Waals surface area contributed by atoms with Crippen LogP contribution in [0, 0.1) is 0 Å². The van der Waals surface area contributed by atoms with Gasteiger partial charge in [-0.1, -0.05) is 60.7 Å². The Morgan fingerprint density at radius 1 is 0.848 bits per heavy atom. The van der Waals surface area contributed by atoms with Crippen molar-refractivity contribution in [2.45, 2.75) is 0 Å². The van der Waals surface area contributed by atoms with Crippen LogP contribution in [0.1, 0.15) is 15.2 Å². The summed E-state index contributed by atoms with van der Waals surface area (Å²) >= 11 is 1.31. The Morgan fingerprint density at radius 2 is 1.64 bits per heavy atom. The highest BCUT2D eigenvalue weighted by Crippen LogP contribution is 2.22. The first kappa shape index (κ1) is 22.0. The SMILES string of the molecule is O=C(COc1ccc(-c2ccccc2)cc1)N/N=C\c1cccc(OC(=O)c2cccs2)c1. The molecule has 0 aliphatic carbocycles. The predicted molar refractivity (Wildman–Crippen MR) is 129 cm³/mol. The zero-order valence-electron chi connectivity index (χ0n) is 17.5. The Morgan fingerprint density at radius 3 is 2.39 bits per heavy atom. The Balaban J connectivity index is 1.25. The van der Waals surface area contributed by atoms with Gasteiger partial charge in [0.05, 0.1) is 6.21 Å². The number of ether oxygens (including phenoxy) is 2. The van der Waals surface area contributed by atoms with Crippen molar-refractivity contribution in [1.29, 1.82) is 0 Å². The van der Waals surface area contributed by atoms with Gasteiger partial charge in [-0.2, -0.15) is 5.10 Å². The predicted octanol–water partition coefficient (Wildman–Crippen LogP) is 5.16. The Kier molecular flexibility index (Phi) is 7.25. The maximum Gasteiger partial charge on any atom is 0.353 e. The van der Waals surface area contributed by atoms with E-state index in [4.69, 9.17) is 9.47 Å². The number of carbonyl (C=O) groups excluding carboxylic acids is 2. The van der Waals surface area contributed by atoms with Crippen LogP contribution in [0.2, 0.25) is 0 Å². The van der Waals surface area contributed by atoms with E-state index in [2.05, 4.69) is 10.5 Å². The van der Waals surface area contributed by atoms with E-state index in [1.54, 1.807) is 36.4 Å². The number of esters is 1. The van der Waals surface area contributed by atoms with Gasteiger partial charge in [-0.05, 0) is 52.4 Å². The lowest BCUT2D eigenvalue weighted by Gasteiger charge is -2.07. The van der Waals surface area contributed by atoms with Gasteiger partial charge in [0.1, 0.15) is 16.4 Å². The van der Waals surface area contributed by atoms with Crippen molar-refractivity contribution in [1.82, 2.24) is 5.43 Å². The van der Waals surface area contributed by atoms with Gasteiger partial charge in [0.15, 0.2) is 6.61 Å². The van der Waals surface area contributed by atoms with E-state index in [1.807, 2.05) is 60.0 Å². The summed E-state index contributed by atoms with van der Waals surface area (Å²) in [4.78, 5) is 24.6. The Labute approximate surface area is 195 Å². The van der Waals surface area contributed by atoms with Crippen molar-refractivity contribution >= 4 is 29.4 Å². The molecule has 0 radical (unpaired) electrons. The second-order valence-electron chi connectivity index (χ2n) is 6.91. The molecule has 4 rings (SSSR count). The fourth-order valence-corrected chi connectivity index (χ4v) is 3.54. The number of benzene rings is 3. The lowest BCUT2D eigenvalue weighted by Crippen LogP contribution is -2.24. The maximum atomic E-state index is 12.1. The first-order valence-electron chi connectivity index (χ1n) is 10.1. The number of amides is 1. The fraction of sp³-hybridized carbons (Fsp3) is 0.0385. The third-order valence-electron chi connectivity index (χ3n) is 4.53. The molecule has 33 heavy (non-hydrogen) atoms. The number of thiophene rings is 1. The minimum absolute atomic E-state index is 0.166. The molecule has 6 nitrogen and oxygen atoms in total. The van der Waals surface area contributed by atoms with Crippen molar-refractivity contribution in [2.75, 3.05) is 6.61 Å². The highest BCUT2D eigenvalue weighted by atomic mass is 32.1. The molecule has 0 spiro atoms. The molecular formula is C26H20N2O4S. The monoisotopic (exact) mass is 456 g/mol. The molecule has 0 aliphatic rings. The summed E-state index contributed by atoms with van der Waals surface area (Å²) < 4.78 is 10.9. The van der Waals surface area contributed by atoms with Gasteiger partial charge in [0.2, 0.25) is 0 Å². The molecule has 1 N–H and O–H groups in total. The molecular weight excluding hydrogens is 436 g/mol. The summed E-state index contributed by atoms with van der Waals surface area (Å²) in [6.07, 6.45) is 1.47. The second kappa shape index (κ2) is 10.9. The first-order valence-corrected chi connectivity index (χ1v) is 11.0. The smallest absolute Gasteiger partial charge is 0.353 e. The van der Waals surface area contributed by atoms with Crippen LogP contribution in [-0.2, 0) is 4.79 Å². The fourth-order valence-electron chi connectivity index (χ4n) is 2.94. The summed E-state index contributed by atoms with van der Waals surface area (Å²) in [6.45, 7) is -0.166. The minimum atomic E-state index is -0.415. The number of hydrazone groups is 1. The third-order valence-corrected chi connectivity index (χ3v) is 5.38. The first-order chi connectivity index (χ1) is 16.2. The van der Waals surface area contributed by atoms with Gasteiger partial charge in [0.25, 0.3) is 5.91 Å². The van der Waals surface area contributed by atoms with Crippen LogP contribution in [0.4, 0.5) is 0 Å². The van der Waals surface area contributed by atoms with Crippen molar-refractivity contribution < 1.29 is 19.1 Å². The summed E-state index contributed by atoms with van der Waals surface area (Å²) in [5, 5.41) is 5.75. The van der Waals surface area contributed by atoms with Gasteiger partial charge in [-0.25, -0.2) is 10.2 Å². The quantitative estimate of drug-likeness (QED) is 0.172. The van der Waals surface area contributed by atoms with E-state index in [0.717, 1.165) is 11.1 Å². The number of hydrogen-bond acceptors (Lipinski definition) is 6. The molecule has 7 heteroatoms. The molecule has 164 valence electrons. The highest BCUT2D eigenvalue weighted by molar-refractivity contribution is 7.12. The molecule has 1 aromatic heterocycles. The van der Waals surface area contributed by atoms with Crippen molar-refractivity contribution in [2.24, 2.45) is 5.10 Å². The van der Waals surface area contributed by atoms with E-state index in [1.165, 1.54) is 17.6 Å². The zero-order chi connectivity index (χ0) is 22.9. The Bertz CT molecular complexity index is 1240. The molecule has 0 saturated heterocycles. The standard InChI is InChI=1S/C26H20N2O4S/c29-25(18-31-22-13-11-21(12-14-22)20-7-2-1-3-8-20)28-27-17-19-6-4-9-23(16-19)32-26(30)24-10-5-15-33-24/h1-17H,18H2,(H,28,29)/b27-17-. The van der Waals surface area contributed by atoms with Crippen LogP contribution in [-0.4, -0.2) is 24.7 Å². The van der Waals surface area contributed by atoms with Gasteiger partial charge in [-0.15, -0.1) is 11.3 Å². The lowest BCUT2D eigenvalue weighted by atomic mass is 10.1. The number of rotatable bonds is 8. The summed E-state index contributed by atoms with van der Waals surface area (Å²) in [5.41, 5.74) is 5.27. The average molecular weight is 457 g/mol. The van der Waals surface area contributed by atoms with E-state index in [0.29, 0.717) is 21.9 Å². The van der Waals surface area contributed by atoms with E-state index >= 15 is 0 Å². The topological polar surface area (TPSA) is 77.0 Å². The molecule has 0 unspecified atom stereocenters. The summed E-state index contributed by atoms with van der Waals surface area (Å²) in [7, 11) is 0. The molecule has 0 saturated carbocycles. The highest BCUT2D eigenvalue weighted by Gasteiger charge is 2.09. The van der Waals surface area contributed by atoms with E-state index in [9.17, 15) is 9.59 Å². The second-order valence-corrected chi connectivity index (χ2v) is 7.86. The molecule has 0 aliphatic heterocycles. The number of nitrogens with one attached hydrogen (secondary N) is 1. The van der Waals surface area contributed by atoms with Crippen LogP contribution in [0.3, 0.4) is 0 Å². The zero-order valence-corrected chi connectivity index (χ0v) is 18.3. The number of nitrogens with zero attached hydrogens (tertiary/aromatic N) is 1. The Hall–Kier alpha value is -4.23. The van der Waals surface area contributed by atoms with E-state index in [-0.39, 0.29) is 6.61 Å². The molecule has 0 atom stereocenters. The van der Waals surface area contributed by atoms with Crippen molar-refractivity contribution in [3.8, 4) is 22.6 Å². The van der Waals surface area contributed by atoms with Crippen molar-refractivity contribution in [3.63, 3.8) is 0 Å². The third kappa shape index (κ3) is 6.38. The molecule has 3 aromatic carbocycles. The molecule has 1 amide bonds. The van der Waals surface area contributed by atoms with Gasteiger partial charge in [-0.3, -0.25) is 4.79 Å². The molecule has 4 aromatic rings. The largest absolute Gasteiger partial charge is 0.484 e. The van der Waals surface area contributed by atoms with Crippen LogP contribution in [0.5, 0.6) is 11.5 Å². The molecule has 1 heterocycles. The number of carbonyl (C=O) groups is 2. The summed E-state index contributed by atoms with van der Waals surface area (Å²) in [6, 6.07) is 27.9. The summed E-state index contributed by atoms with van der Waals surface area (Å²) in [5.74, 6) is 0.181. The van der Waals surface area contributed by atoms with Crippen LogP contribution in [0.25, 0.3) is 11.1 Å². The average Bonchev–Trinajstić information content (AvgIpc) is 3.39. The van der Waals surface area contributed by atoms with Crippen LogP contribution >= 0.6 is 11.3 Å². The normalized spacial score (nSPS) is 10.7. The van der Waals surface area contributed by atoms with Gasteiger partial charge >= 0.3 is 5.97 Å². The minimum Gasteiger partial charge on any atom is -0.484 e. The van der Waals surface area contributed by atoms with E-state index < -0.39 is 11.9 Å². The number of hydrogen-bond donors (Lipinski definition) is 1. The van der Waals surface area contributed by atoms with Gasteiger partial charge in [0, 0.05) is 0 Å². The van der Waals surface area contributed by atoms with Gasteiger partial charge < -0.3 is 9.47 Å². The lowest BCUT2D eigenvalue weighted by molar-refractivity contribution is -0.123.